The van der Waals surface area contributed by atoms with Gasteiger partial charge in [-0.15, -0.1) is 0 Å². The third kappa shape index (κ3) is 4.31. The topological polar surface area (TPSA) is 97.8 Å². The number of hydrogen-bond acceptors (Lipinski definition) is 5. The molecule has 0 aliphatic carbocycles. The van der Waals surface area contributed by atoms with Crippen molar-refractivity contribution >= 4 is 5.78 Å². The molecule has 0 amide bonds. The van der Waals surface area contributed by atoms with Crippen LogP contribution in [0.3, 0.4) is 0 Å². The Morgan fingerprint density at radius 3 is 2.92 bits per heavy atom. The van der Waals surface area contributed by atoms with E-state index >= 15 is 0 Å². The molecular formula is C19H19FN4O2. The minimum Gasteiger partial charge on any atom is -0.364 e. The molecule has 0 spiro atoms. The molecule has 1 aromatic carbocycles. The lowest BCUT2D eigenvalue weighted by atomic mass is 10.1. The van der Waals surface area contributed by atoms with Crippen LogP contribution in [0.4, 0.5) is 4.39 Å². The fraction of sp³-hybridized carbons (Fsp3) is 0.211. The standard InChI is InChI=1S/C19H19FN4O2/c20-14-7-5-4-6-13(14)17-12-22-19(23-17)15(21)8-2-1-3-9-18(25)16-10-11-26-24-16/h1-2,4-7,10-12,15H,3,8-9,21H2,(H,22,23)/b2-1+. The van der Waals surface area contributed by atoms with Crippen molar-refractivity contribution in [3.63, 3.8) is 0 Å². The zero-order valence-corrected chi connectivity index (χ0v) is 14.1. The van der Waals surface area contributed by atoms with Gasteiger partial charge >= 0.3 is 0 Å². The summed E-state index contributed by atoms with van der Waals surface area (Å²) in [4.78, 5) is 19.1. The Morgan fingerprint density at radius 2 is 2.15 bits per heavy atom. The number of nitrogens with zero attached hydrogens (tertiary/aromatic N) is 2. The molecule has 134 valence electrons. The van der Waals surface area contributed by atoms with Crippen molar-refractivity contribution in [1.82, 2.24) is 15.1 Å². The molecule has 0 saturated carbocycles. The molecule has 0 radical (unpaired) electrons. The van der Waals surface area contributed by atoms with E-state index in [4.69, 9.17) is 5.73 Å². The molecule has 3 aromatic rings. The Labute approximate surface area is 149 Å². The number of allylic oxidation sites excluding steroid dienone is 1. The van der Waals surface area contributed by atoms with E-state index in [0.29, 0.717) is 42.0 Å². The first-order valence-electron chi connectivity index (χ1n) is 8.29. The van der Waals surface area contributed by atoms with E-state index < -0.39 is 0 Å². The zero-order chi connectivity index (χ0) is 18.4. The Kier molecular flexibility index (Phi) is 5.70. The second kappa shape index (κ2) is 8.35. The van der Waals surface area contributed by atoms with Gasteiger partial charge in [-0.1, -0.05) is 29.4 Å². The average Bonchev–Trinajstić information content (AvgIpc) is 3.33. The number of rotatable bonds is 8. The fourth-order valence-electron chi connectivity index (χ4n) is 2.50. The summed E-state index contributed by atoms with van der Waals surface area (Å²) in [6, 6.07) is 7.68. The number of H-pyrrole nitrogens is 1. The van der Waals surface area contributed by atoms with Gasteiger partial charge in [-0.25, -0.2) is 9.37 Å². The molecule has 0 fully saturated rings. The quantitative estimate of drug-likeness (QED) is 0.473. The molecule has 6 nitrogen and oxygen atoms in total. The van der Waals surface area contributed by atoms with Crippen molar-refractivity contribution < 1.29 is 13.7 Å². The molecule has 1 unspecified atom stereocenters. The largest absolute Gasteiger partial charge is 0.364 e. The van der Waals surface area contributed by atoms with Crippen molar-refractivity contribution in [2.45, 2.75) is 25.3 Å². The third-order valence-corrected chi connectivity index (χ3v) is 3.92. The van der Waals surface area contributed by atoms with Crippen LogP contribution in [0.2, 0.25) is 0 Å². The monoisotopic (exact) mass is 354 g/mol. The van der Waals surface area contributed by atoms with Crippen LogP contribution in [0, 0.1) is 5.82 Å². The minimum absolute atomic E-state index is 0.0618. The molecule has 3 rings (SSSR count). The third-order valence-electron chi connectivity index (χ3n) is 3.92. The zero-order valence-electron chi connectivity index (χ0n) is 14.1. The lowest BCUT2D eigenvalue weighted by Crippen LogP contribution is -2.10. The highest BCUT2D eigenvalue weighted by Crippen LogP contribution is 2.22. The maximum Gasteiger partial charge on any atom is 0.185 e. The summed E-state index contributed by atoms with van der Waals surface area (Å²) in [6.45, 7) is 0. The first kappa shape index (κ1) is 17.8. The Bertz CT molecular complexity index is 887. The van der Waals surface area contributed by atoms with Crippen LogP contribution in [0.25, 0.3) is 11.3 Å². The number of benzene rings is 1. The number of nitrogens with one attached hydrogen (secondary N) is 1. The minimum atomic E-state index is -0.335. The summed E-state index contributed by atoms with van der Waals surface area (Å²) in [5, 5.41) is 3.61. The van der Waals surface area contributed by atoms with Gasteiger partial charge in [-0.3, -0.25) is 4.79 Å². The van der Waals surface area contributed by atoms with Gasteiger partial charge in [-0.05, 0) is 25.0 Å². The first-order valence-corrected chi connectivity index (χ1v) is 8.29. The Hall–Kier alpha value is -3.06. The lowest BCUT2D eigenvalue weighted by molar-refractivity contribution is 0.0975. The summed E-state index contributed by atoms with van der Waals surface area (Å²) in [7, 11) is 0. The summed E-state index contributed by atoms with van der Waals surface area (Å²) >= 11 is 0. The summed E-state index contributed by atoms with van der Waals surface area (Å²) in [6.07, 6.45) is 8.34. The van der Waals surface area contributed by atoms with Crippen LogP contribution in [0.1, 0.15) is 41.6 Å². The number of carbonyl (C=O) groups is 1. The number of carbonyl (C=O) groups excluding carboxylic acids is 1. The first-order chi connectivity index (χ1) is 12.6. The smallest absolute Gasteiger partial charge is 0.185 e. The molecule has 2 aromatic heterocycles. The number of halogens is 1. The molecule has 2 heterocycles. The molecule has 0 bridgehead atoms. The Morgan fingerprint density at radius 1 is 1.31 bits per heavy atom. The maximum atomic E-state index is 13.8. The van der Waals surface area contributed by atoms with Gasteiger partial charge in [0.15, 0.2) is 5.78 Å². The van der Waals surface area contributed by atoms with Gasteiger partial charge in [-0.2, -0.15) is 0 Å². The van der Waals surface area contributed by atoms with Crippen molar-refractivity contribution in [2.24, 2.45) is 5.73 Å². The second-order valence-electron chi connectivity index (χ2n) is 5.81. The van der Waals surface area contributed by atoms with Gasteiger partial charge < -0.3 is 15.2 Å². The summed E-state index contributed by atoms with van der Waals surface area (Å²) < 4.78 is 18.5. The Balaban J connectivity index is 1.50. The molecule has 7 heteroatoms. The number of imidazole rings is 1. The maximum absolute atomic E-state index is 13.8. The highest BCUT2D eigenvalue weighted by atomic mass is 19.1. The molecule has 0 aliphatic heterocycles. The average molecular weight is 354 g/mol. The van der Waals surface area contributed by atoms with E-state index in [1.54, 1.807) is 30.5 Å². The number of hydrogen-bond donors (Lipinski definition) is 2. The fourth-order valence-corrected chi connectivity index (χ4v) is 2.50. The molecule has 1 atom stereocenters. The van der Waals surface area contributed by atoms with Crippen LogP contribution in [0.5, 0.6) is 0 Å². The van der Waals surface area contributed by atoms with Gasteiger partial charge in [0, 0.05) is 24.2 Å². The van der Waals surface area contributed by atoms with Crippen molar-refractivity contribution in [1.29, 1.82) is 0 Å². The van der Waals surface area contributed by atoms with Crippen LogP contribution >= 0.6 is 0 Å². The second-order valence-corrected chi connectivity index (χ2v) is 5.81. The molecular weight excluding hydrogens is 335 g/mol. The van der Waals surface area contributed by atoms with Crippen molar-refractivity contribution in [3.05, 3.63) is 72.3 Å². The van der Waals surface area contributed by atoms with Gasteiger partial charge in [0.1, 0.15) is 23.6 Å². The van der Waals surface area contributed by atoms with Crippen molar-refractivity contribution in [2.75, 3.05) is 0 Å². The number of ketones is 1. The van der Waals surface area contributed by atoms with Crippen LogP contribution < -0.4 is 5.73 Å². The SMILES string of the molecule is NC(C/C=C/CCC(=O)c1ccon1)c1nc(-c2ccccc2F)c[nH]1. The van der Waals surface area contributed by atoms with Crippen molar-refractivity contribution in [3.8, 4) is 11.3 Å². The highest BCUT2D eigenvalue weighted by Gasteiger charge is 2.12. The number of aromatic amines is 1. The van der Waals surface area contributed by atoms with E-state index in [1.807, 2.05) is 12.2 Å². The molecule has 26 heavy (non-hydrogen) atoms. The highest BCUT2D eigenvalue weighted by molar-refractivity contribution is 5.93. The molecule has 0 aliphatic rings. The summed E-state index contributed by atoms with van der Waals surface area (Å²) in [5.74, 6) is 0.204. The predicted molar refractivity (Wildman–Crippen MR) is 94.7 cm³/mol. The molecule has 0 saturated heterocycles. The van der Waals surface area contributed by atoms with Crippen LogP contribution in [0.15, 0.2) is 59.5 Å². The predicted octanol–water partition coefficient (Wildman–Crippen LogP) is 3.81. The number of nitrogens with two attached hydrogens (primary N) is 1. The van der Waals surface area contributed by atoms with E-state index in [-0.39, 0.29) is 17.6 Å². The van der Waals surface area contributed by atoms with Gasteiger partial charge in [0.25, 0.3) is 0 Å². The van der Waals surface area contributed by atoms with Gasteiger partial charge in [0.2, 0.25) is 0 Å². The van der Waals surface area contributed by atoms with E-state index in [9.17, 15) is 9.18 Å². The number of Topliss-reactive ketones (excluding diaryl/α,β-unsaturated/α-hetero) is 1. The van der Waals surface area contributed by atoms with Crippen LogP contribution in [-0.4, -0.2) is 20.9 Å². The number of aromatic nitrogens is 3. The lowest BCUT2D eigenvalue weighted by Gasteiger charge is -2.04. The molecule has 3 N–H and O–H groups in total. The summed E-state index contributed by atoms with van der Waals surface area (Å²) in [5.41, 5.74) is 7.41. The van der Waals surface area contributed by atoms with Crippen LogP contribution in [-0.2, 0) is 0 Å². The van der Waals surface area contributed by atoms with Gasteiger partial charge in [0.05, 0.1) is 11.7 Å². The van der Waals surface area contributed by atoms with E-state index in [1.165, 1.54) is 12.3 Å². The normalized spacial score (nSPS) is 12.5. The van der Waals surface area contributed by atoms with E-state index in [2.05, 4.69) is 19.6 Å². The van der Waals surface area contributed by atoms with E-state index in [0.717, 1.165) is 0 Å².